The largest absolute Gasteiger partial charge is 1.00 e. The number of hydrogen-bond donors (Lipinski definition) is 1. The number of carbonyl (C=O) groups excluding carboxylic acids is 3. The second-order valence-electron chi connectivity index (χ2n) is 10.6. The van der Waals surface area contributed by atoms with Gasteiger partial charge >= 0.3 is 57.4 Å². The van der Waals surface area contributed by atoms with Crippen molar-refractivity contribution in [2.75, 3.05) is 7.11 Å². The molecular formula is C24H33KO6. The van der Waals surface area contributed by atoms with Crippen molar-refractivity contribution in [2.45, 2.75) is 77.2 Å². The molecule has 0 spiro atoms. The van der Waals surface area contributed by atoms with Gasteiger partial charge in [-0.3, -0.25) is 9.59 Å². The molecular weight excluding hydrogens is 423 g/mol. The van der Waals surface area contributed by atoms with Gasteiger partial charge < -0.3 is 19.7 Å². The van der Waals surface area contributed by atoms with Crippen LogP contribution in [0.2, 0.25) is 0 Å². The average Bonchev–Trinajstić information content (AvgIpc) is 2.97. The number of esters is 1. The van der Waals surface area contributed by atoms with E-state index in [2.05, 4.69) is 13.8 Å². The summed E-state index contributed by atoms with van der Waals surface area (Å²) in [7, 11) is 1.42. The van der Waals surface area contributed by atoms with Crippen LogP contribution in [0, 0.1) is 34.5 Å². The van der Waals surface area contributed by atoms with Gasteiger partial charge in [-0.05, 0) is 86.0 Å². The summed E-state index contributed by atoms with van der Waals surface area (Å²) in [6.45, 7) is 4.33. The Labute approximate surface area is 227 Å². The molecule has 0 heterocycles. The second kappa shape index (κ2) is 8.95. The van der Waals surface area contributed by atoms with Crippen molar-refractivity contribution in [3.8, 4) is 0 Å². The first-order chi connectivity index (χ1) is 14.1. The molecule has 7 heteroatoms. The van der Waals surface area contributed by atoms with E-state index in [0.29, 0.717) is 19.3 Å². The van der Waals surface area contributed by atoms with Gasteiger partial charge in [0, 0.05) is 12.4 Å². The standard InChI is InChI=1S/C24H34O6.K/c1-22-8-4-15(25)12-14(22)13-16(21(28)30-3)20-17(22)5-9-23(2)18(20)6-10-24(23,29)11-7-19(26)27;/h12,16-18,20,29H,4-11,13H2,1-3H3,(H,26,27);/q;+1/p-1/t16?,17?,18?,20?,22?,23?,24-;/m1./s1. The number of ketones is 1. The van der Waals surface area contributed by atoms with Crippen molar-refractivity contribution >= 4 is 17.7 Å². The summed E-state index contributed by atoms with van der Waals surface area (Å²) in [6, 6.07) is 0. The smallest absolute Gasteiger partial charge is 0.550 e. The maximum atomic E-state index is 12.9. The van der Waals surface area contributed by atoms with Crippen LogP contribution in [-0.4, -0.2) is 35.5 Å². The van der Waals surface area contributed by atoms with Gasteiger partial charge in [-0.1, -0.05) is 19.4 Å². The number of aliphatic hydroxyl groups is 1. The topological polar surface area (TPSA) is 104 Å². The minimum Gasteiger partial charge on any atom is -0.550 e. The molecule has 6 nitrogen and oxygen atoms in total. The molecule has 3 fully saturated rings. The van der Waals surface area contributed by atoms with Gasteiger partial charge in [0.05, 0.1) is 18.6 Å². The summed E-state index contributed by atoms with van der Waals surface area (Å²) in [5, 5.41) is 22.6. The van der Waals surface area contributed by atoms with Crippen LogP contribution >= 0.6 is 0 Å². The van der Waals surface area contributed by atoms with E-state index >= 15 is 0 Å². The third-order valence-electron chi connectivity index (χ3n) is 9.58. The summed E-state index contributed by atoms with van der Waals surface area (Å²) in [6.07, 6.45) is 6.70. The quantitative estimate of drug-likeness (QED) is 0.438. The molecule has 0 saturated heterocycles. The maximum absolute atomic E-state index is 12.9. The van der Waals surface area contributed by atoms with Crippen LogP contribution < -0.4 is 56.5 Å². The van der Waals surface area contributed by atoms with Crippen LogP contribution in [0.25, 0.3) is 0 Å². The Morgan fingerprint density at radius 1 is 1.19 bits per heavy atom. The Hall–Kier alpha value is -0.0536. The number of carboxylic acid groups (broad SMARTS) is 1. The van der Waals surface area contributed by atoms with Crippen molar-refractivity contribution in [3.63, 3.8) is 0 Å². The molecule has 0 aromatic carbocycles. The normalized spacial score (nSPS) is 43.6. The van der Waals surface area contributed by atoms with E-state index in [9.17, 15) is 24.6 Å². The zero-order valence-corrected chi connectivity index (χ0v) is 22.4. The molecule has 0 radical (unpaired) electrons. The SMILES string of the molecule is COC(=O)C1CC2=CC(=O)CCC2(C)C2CCC3(C)C(CC[C@@]3(O)CCC(=O)[O-])C12.[K+]. The molecule has 0 bridgehead atoms. The molecule has 1 N–H and O–H groups in total. The van der Waals surface area contributed by atoms with Gasteiger partial charge in [0.2, 0.25) is 0 Å². The van der Waals surface area contributed by atoms with E-state index < -0.39 is 17.0 Å². The number of carbonyl (C=O) groups is 3. The summed E-state index contributed by atoms with van der Waals surface area (Å²) in [5.74, 6) is -1.09. The van der Waals surface area contributed by atoms with E-state index in [0.717, 1.165) is 31.3 Å². The van der Waals surface area contributed by atoms with E-state index in [-0.39, 0.29) is 105 Å². The van der Waals surface area contributed by atoms with Gasteiger partial charge in [-0.25, -0.2) is 0 Å². The third-order valence-corrected chi connectivity index (χ3v) is 9.58. The fraction of sp³-hybridized carbons (Fsp3) is 0.792. The van der Waals surface area contributed by atoms with Crippen LogP contribution in [-0.2, 0) is 19.1 Å². The molecule has 166 valence electrons. The fourth-order valence-corrected chi connectivity index (χ4v) is 7.79. The minimum absolute atomic E-state index is 0. The number of aliphatic carboxylic acids is 1. The Balaban J connectivity index is 0.00000272. The summed E-state index contributed by atoms with van der Waals surface area (Å²) in [5.41, 5.74) is -0.499. The summed E-state index contributed by atoms with van der Waals surface area (Å²) < 4.78 is 5.19. The Bertz CT molecular complexity index is 808. The molecule has 0 aromatic rings. The Morgan fingerprint density at radius 2 is 1.87 bits per heavy atom. The zero-order valence-electron chi connectivity index (χ0n) is 19.2. The number of rotatable bonds is 4. The van der Waals surface area contributed by atoms with Gasteiger partial charge in [-0.2, -0.15) is 0 Å². The summed E-state index contributed by atoms with van der Waals surface area (Å²) in [4.78, 5) is 36.1. The van der Waals surface area contributed by atoms with Crippen molar-refractivity contribution in [1.82, 2.24) is 0 Å². The van der Waals surface area contributed by atoms with E-state index in [1.807, 2.05) is 0 Å². The monoisotopic (exact) mass is 456 g/mol. The predicted molar refractivity (Wildman–Crippen MR) is 107 cm³/mol. The summed E-state index contributed by atoms with van der Waals surface area (Å²) >= 11 is 0. The number of hydrogen-bond acceptors (Lipinski definition) is 6. The second-order valence-corrected chi connectivity index (χ2v) is 10.6. The first-order valence-corrected chi connectivity index (χ1v) is 11.3. The maximum Gasteiger partial charge on any atom is 1.00 e. The van der Waals surface area contributed by atoms with E-state index in [1.54, 1.807) is 6.08 Å². The molecule has 7 atom stereocenters. The molecule has 31 heavy (non-hydrogen) atoms. The molecule has 4 aliphatic rings. The first-order valence-electron chi connectivity index (χ1n) is 11.3. The number of fused-ring (bicyclic) bond motifs is 5. The van der Waals surface area contributed by atoms with Crippen LogP contribution in [0.4, 0.5) is 0 Å². The van der Waals surface area contributed by atoms with Crippen LogP contribution in [0.1, 0.15) is 71.6 Å². The van der Waals surface area contributed by atoms with Gasteiger partial charge in [0.15, 0.2) is 5.78 Å². The molecule has 3 saturated carbocycles. The Morgan fingerprint density at radius 3 is 2.52 bits per heavy atom. The van der Waals surface area contributed by atoms with Crippen LogP contribution in [0.3, 0.4) is 0 Å². The minimum atomic E-state index is -1.14. The number of allylic oxidation sites excluding steroid dienone is 1. The third kappa shape index (κ3) is 3.95. The molecule has 6 unspecified atom stereocenters. The number of methoxy groups -OCH3 is 1. The van der Waals surface area contributed by atoms with Crippen molar-refractivity contribution in [3.05, 3.63) is 11.6 Å². The van der Waals surface area contributed by atoms with E-state index in [1.165, 1.54) is 7.11 Å². The zero-order chi connectivity index (χ0) is 21.9. The van der Waals surface area contributed by atoms with Crippen LogP contribution in [0.5, 0.6) is 0 Å². The van der Waals surface area contributed by atoms with Gasteiger partial charge in [-0.15, -0.1) is 0 Å². The average molecular weight is 457 g/mol. The first kappa shape index (κ1) is 25.6. The van der Waals surface area contributed by atoms with Crippen molar-refractivity contribution < 1.29 is 80.7 Å². The van der Waals surface area contributed by atoms with Crippen molar-refractivity contribution in [1.29, 1.82) is 0 Å². The number of ether oxygens (including phenoxy) is 1. The number of carboxylic acids is 1. The van der Waals surface area contributed by atoms with Gasteiger partial charge in [0.25, 0.3) is 0 Å². The fourth-order valence-electron chi connectivity index (χ4n) is 7.79. The molecule has 0 aromatic heterocycles. The van der Waals surface area contributed by atoms with E-state index in [4.69, 9.17) is 4.74 Å². The van der Waals surface area contributed by atoms with Crippen molar-refractivity contribution in [2.24, 2.45) is 34.5 Å². The molecule has 0 aliphatic heterocycles. The Kier molecular flexibility index (Phi) is 7.38. The molecule has 4 rings (SSSR count). The van der Waals surface area contributed by atoms with Crippen LogP contribution in [0.15, 0.2) is 11.6 Å². The van der Waals surface area contributed by atoms with Gasteiger partial charge in [0.1, 0.15) is 0 Å². The predicted octanol–water partition coefficient (Wildman–Crippen LogP) is -0.817. The molecule has 0 amide bonds. The molecule has 4 aliphatic carbocycles.